The van der Waals surface area contributed by atoms with E-state index >= 15 is 0 Å². The van der Waals surface area contributed by atoms with Gasteiger partial charge in [-0.25, -0.2) is 0 Å². The standard InChI is InChI=1S/C18H17N3O4/c1-11-13-4-2-3-5-15(13)25-16(11)17(22)19-10-12-6-8-21(12)18(23)14-7-9-24-20-14/h2-5,7,9,12H,6,8,10H2,1H3,(H,19,22). The van der Waals surface area contributed by atoms with Crippen LogP contribution in [0.15, 0.2) is 45.5 Å². The minimum atomic E-state index is -0.269. The monoisotopic (exact) mass is 339 g/mol. The van der Waals surface area contributed by atoms with Crippen molar-refractivity contribution in [1.82, 2.24) is 15.4 Å². The molecule has 1 aromatic carbocycles. The Kier molecular flexibility index (Phi) is 3.76. The lowest BCUT2D eigenvalue weighted by molar-refractivity contribution is 0.0444. The zero-order valence-corrected chi connectivity index (χ0v) is 13.7. The van der Waals surface area contributed by atoms with E-state index in [1.807, 2.05) is 31.2 Å². The number of furan rings is 1. The van der Waals surface area contributed by atoms with Crippen molar-refractivity contribution in [1.29, 1.82) is 0 Å². The summed E-state index contributed by atoms with van der Waals surface area (Å²) in [5.74, 6) is -0.136. The lowest BCUT2D eigenvalue weighted by Gasteiger charge is -2.40. The van der Waals surface area contributed by atoms with E-state index in [2.05, 4.69) is 10.5 Å². The van der Waals surface area contributed by atoms with Gasteiger partial charge in [0.05, 0.1) is 6.04 Å². The van der Waals surface area contributed by atoms with Crippen LogP contribution in [0.5, 0.6) is 0 Å². The molecule has 0 saturated carbocycles. The number of fused-ring (bicyclic) bond motifs is 1. The Balaban J connectivity index is 1.41. The first-order chi connectivity index (χ1) is 12.1. The molecule has 1 unspecified atom stereocenters. The number of amides is 2. The van der Waals surface area contributed by atoms with Crippen molar-refractivity contribution >= 4 is 22.8 Å². The largest absolute Gasteiger partial charge is 0.451 e. The Bertz CT molecular complexity index is 929. The molecule has 1 aliphatic heterocycles. The predicted octanol–water partition coefficient (Wildman–Crippen LogP) is 2.37. The second kappa shape index (κ2) is 6.08. The quantitative estimate of drug-likeness (QED) is 0.788. The molecular formula is C18H17N3O4. The minimum Gasteiger partial charge on any atom is -0.451 e. The van der Waals surface area contributed by atoms with Crippen LogP contribution in [0.1, 0.15) is 33.0 Å². The van der Waals surface area contributed by atoms with Crippen LogP contribution < -0.4 is 5.32 Å². The maximum Gasteiger partial charge on any atom is 0.287 e. The van der Waals surface area contributed by atoms with Gasteiger partial charge < -0.3 is 19.2 Å². The first-order valence-electron chi connectivity index (χ1n) is 8.13. The number of likely N-dealkylation sites (tertiary alicyclic amines) is 1. The van der Waals surface area contributed by atoms with Crippen LogP contribution >= 0.6 is 0 Å². The summed E-state index contributed by atoms with van der Waals surface area (Å²) >= 11 is 0. The number of benzene rings is 1. The molecule has 4 rings (SSSR count). The molecule has 1 N–H and O–H groups in total. The molecule has 128 valence electrons. The van der Waals surface area contributed by atoms with Crippen molar-refractivity contribution in [2.45, 2.75) is 19.4 Å². The number of rotatable bonds is 4. The molecule has 0 spiro atoms. The Morgan fingerprint density at radius 2 is 2.16 bits per heavy atom. The van der Waals surface area contributed by atoms with Crippen molar-refractivity contribution in [3.05, 3.63) is 53.6 Å². The van der Waals surface area contributed by atoms with Gasteiger partial charge in [-0.15, -0.1) is 0 Å². The smallest absolute Gasteiger partial charge is 0.287 e. The van der Waals surface area contributed by atoms with E-state index in [1.54, 1.807) is 4.90 Å². The molecule has 7 heteroatoms. The number of para-hydroxylation sites is 1. The summed E-state index contributed by atoms with van der Waals surface area (Å²) in [6.07, 6.45) is 2.21. The fraction of sp³-hybridized carbons (Fsp3) is 0.278. The van der Waals surface area contributed by atoms with E-state index < -0.39 is 0 Å². The van der Waals surface area contributed by atoms with Crippen LogP contribution in [0, 0.1) is 6.92 Å². The highest BCUT2D eigenvalue weighted by atomic mass is 16.5. The number of hydrogen-bond donors (Lipinski definition) is 1. The molecule has 0 radical (unpaired) electrons. The number of nitrogens with zero attached hydrogens (tertiary/aromatic N) is 2. The van der Waals surface area contributed by atoms with Crippen molar-refractivity contribution in [2.75, 3.05) is 13.1 Å². The maximum atomic E-state index is 12.4. The number of aryl methyl sites for hydroxylation is 1. The van der Waals surface area contributed by atoms with Crippen molar-refractivity contribution in [2.24, 2.45) is 0 Å². The number of carbonyl (C=O) groups excluding carboxylic acids is 2. The van der Waals surface area contributed by atoms with Gasteiger partial charge in [0.2, 0.25) is 0 Å². The SMILES string of the molecule is Cc1c(C(=O)NCC2CCN2C(=O)c2ccon2)oc2ccccc12. The summed E-state index contributed by atoms with van der Waals surface area (Å²) in [4.78, 5) is 26.4. The van der Waals surface area contributed by atoms with E-state index in [-0.39, 0.29) is 23.6 Å². The van der Waals surface area contributed by atoms with Gasteiger partial charge in [0.1, 0.15) is 11.8 Å². The third kappa shape index (κ3) is 2.67. The fourth-order valence-electron chi connectivity index (χ4n) is 3.07. The number of hydrogen-bond acceptors (Lipinski definition) is 5. The maximum absolute atomic E-state index is 12.4. The zero-order valence-electron chi connectivity index (χ0n) is 13.7. The highest BCUT2D eigenvalue weighted by Gasteiger charge is 2.34. The first-order valence-corrected chi connectivity index (χ1v) is 8.13. The average molecular weight is 339 g/mol. The molecule has 0 bridgehead atoms. The third-order valence-electron chi connectivity index (χ3n) is 4.61. The molecule has 1 saturated heterocycles. The average Bonchev–Trinajstić information content (AvgIpc) is 3.23. The molecule has 3 aromatic rings. The lowest BCUT2D eigenvalue weighted by Crippen LogP contribution is -2.56. The first kappa shape index (κ1) is 15.4. The number of aromatic nitrogens is 1. The minimum absolute atomic E-state index is 0.0437. The second-order valence-corrected chi connectivity index (χ2v) is 6.09. The molecule has 2 aromatic heterocycles. The van der Waals surface area contributed by atoms with Gasteiger partial charge in [-0.2, -0.15) is 0 Å². The third-order valence-corrected chi connectivity index (χ3v) is 4.61. The molecule has 3 heterocycles. The van der Waals surface area contributed by atoms with Gasteiger partial charge in [-0.1, -0.05) is 23.4 Å². The fourth-order valence-corrected chi connectivity index (χ4v) is 3.07. The van der Waals surface area contributed by atoms with Gasteiger partial charge in [0.25, 0.3) is 11.8 Å². The van der Waals surface area contributed by atoms with Crippen molar-refractivity contribution < 1.29 is 18.5 Å². The van der Waals surface area contributed by atoms with Crippen molar-refractivity contribution in [3.63, 3.8) is 0 Å². The Morgan fingerprint density at radius 3 is 2.84 bits per heavy atom. The number of nitrogens with one attached hydrogen (secondary N) is 1. The van der Waals surface area contributed by atoms with Gasteiger partial charge in [-0.05, 0) is 19.4 Å². The van der Waals surface area contributed by atoms with Gasteiger partial charge in [-0.3, -0.25) is 9.59 Å². The Labute approximate surface area is 143 Å². The Morgan fingerprint density at radius 1 is 1.32 bits per heavy atom. The van der Waals surface area contributed by atoms with Gasteiger partial charge >= 0.3 is 0 Å². The highest BCUT2D eigenvalue weighted by Crippen LogP contribution is 2.25. The van der Waals surface area contributed by atoms with Crippen LogP contribution in [0.2, 0.25) is 0 Å². The summed E-state index contributed by atoms with van der Waals surface area (Å²) in [5, 5.41) is 7.46. The molecule has 1 atom stereocenters. The van der Waals surface area contributed by atoms with E-state index in [9.17, 15) is 9.59 Å². The predicted molar refractivity (Wildman–Crippen MR) is 89.2 cm³/mol. The second-order valence-electron chi connectivity index (χ2n) is 6.09. The van der Waals surface area contributed by atoms with Crippen LogP contribution in [-0.2, 0) is 0 Å². The molecule has 1 fully saturated rings. The van der Waals surface area contributed by atoms with Gasteiger partial charge in [0, 0.05) is 30.1 Å². The molecule has 25 heavy (non-hydrogen) atoms. The van der Waals surface area contributed by atoms with E-state index in [1.165, 1.54) is 12.3 Å². The number of carbonyl (C=O) groups is 2. The van der Waals surface area contributed by atoms with Crippen LogP contribution in [0.4, 0.5) is 0 Å². The van der Waals surface area contributed by atoms with Crippen LogP contribution in [-0.4, -0.2) is 41.0 Å². The summed E-state index contributed by atoms with van der Waals surface area (Å²) in [7, 11) is 0. The zero-order chi connectivity index (χ0) is 17.4. The molecular weight excluding hydrogens is 322 g/mol. The summed E-state index contributed by atoms with van der Waals surface area (Å²) in [5.41, 5.74) is 1.79. The lowest BCUT2D eigenvalue weighted by atomic mass is 10.0. The summed E-state index contributed by atoms with van der Waals surface area (Å²) in [6.45, 7) is 2.89. The molecule has 0 aliphatic carbocycles. The van der Waals surface area contributed by atoms with Crippen LogP contribution in [0.3, 0.4) is 0 Å². The normalized spacial score (nSPS) is 16.7. The van der Waals surface area contributed by atoms with Gasteiger partial charge in [0.15, 0.2) is 11.5 Å². The summed E-state index contributed by atoms with van der Waals surface area (Å²) in [6, 6.07) is 9.04. The van der Waals surface area contributed by atoms with E-state index in [0.717, 1.165) is 17.4 Å². The highest BCUT2D eigenvalue weighted by molar-refractivity contribution is 5.99. The molecule has 2 amide bonds. The Hall–Kier alpha value is -3.09. The topological polar surface area (TPSA) is 88.6 Å². The van der Waals surface area contributed by atoms with E-state index in [0.29, 0.717) is 24.4 Å². The molecule has 1 aliphatic rings. The summed E-state index contributed by atoms with van der Waals surface area (Å²) < 4.78 is 10.4. The van der Waals surface area contributed by atoms with E-state index in [4.69, 9.17) is 8.94 Å². The molecule has 7 nitrogen and oxygen atoms in total. The van der Waals surface area contributed by atoms with Crippen molar-refractivity contribution in [3.8, 4) is 0 Å². The van der Waals surface area contributed by atoms with Crippen LogP contribution in [0.25, 0.3) is 11.0 Å².